The van der Waals surface area contributed by atoms with E-state index in [2.05, 4.69) is 15.5 Å². The number of rotatable bonds is 7. The van der Waals surface area contributed by atoms with Crippen LogP contribution in [0, 0.1) is 12.8 Å². The van der Waals surface area contributed by atoms with Gasteiger partial charge < -0.3 is 19.0 Å². The molecule has 3 aromatic rings. The second-order valence-electron chi connectivity index (χ2n) is 7.69. The highest BCUT2D eigenvalue weighted by atomic mass is 32.2. The van der Waals surface area contributed by atoms with Crippen LogP contribution >= 0.6 is 0 Å². The molecular weight excluding hydrogens is 464 g/mol. The van der Waals surface area contributed by atoms with Gasteiger partial charge in [-0.15, -0.1) is 0 Å². The zero-order valence-electron chi connectivity index (χ0n) is 18.7. The van der Waals surface area contributed by atoms with Gasteiger partial charge in [0, 0.05) is 31.5 Å². The molecule has 180 valence electrons. The number of benzene rings is 1. The van der Waals surface area contributed by atoms with Crippen molar-refractivity contribution < 1.29 is 31.7 Å². The average molecular weight is 489 g/mol. The van der Waals surface area contributed by atoms with Crippen LogP contribution in [0.2, 0.25) is 0 Å². The Kier molecular flexibility index (Phi) is 6.80. The van der Waals surface area contributed by atoms with Gasteiger partial charge in [0.2, 0.25) is 28.5 Å². The Morgan fingerprint density at radius 2 is 1.91 bits per heavy atom. The fraction of sp³-hybridized carbons (Fsp3) is 0.364. The lowest BCUT2D eigenvalue weighted by Crippen LogP contribution is -2.41. The summed E-state index contributed by atoms with van der Waals surface area (Å²) in [5, 5.41) is 6.48. The summed E-state index contributed by atoms with van der Waals surface area (Å²) >= 11 is 0. The maximum absolute atomic E-state index is 12.9. The predicted molar refractivity (Wildman–Crippen MR) is 119 cm³/mol. The van der Waals surface area contributed by atoms with Crippen LogP contribution in [0.25, 0.3) is 11.4 Å². The van der Waals surface area contributed by atoms with Gasteiger partial charge in [-0.05, 0) is 44.0 Å². The highest BCUT2D eigenvalue weighted by molar-refractivity contribution is 7.89. The average Bonchev–Trinajstić information content (AvgIpc) is 3.50. The molecule has 0 spiro atoms. The molecule has 1 aliphatic rings. The van der Waals surface area contributed by atoms with Crippen LogP contribution in [0.1, 0.15) is 36.2 Å². The van der Waals surface area contributed by atoms with Crippen LogP contribution < -0.4 is 5.32 Å². The number of aromatic nitrogens is 2. The number of ether oxygens (including phenoxy) is 1. The van der Waals surface area contributed by atoms with Crippen LogP contribution in [0.15, 0.2) is 50.4 Å². The Hall–Kier alpha value is -3.51. The number of hydrogen-bond donors (Lipinski definition) is 1. The van der Waals surface area contributed by atoms with Crippen molar-refractivity contribution in [2.24, 2.45) is 5.92 Å². The highest BCUT2D eigenvalue weighted by Gasteiger charge is 2.34. The molecule has 1 amide bonds. The second-order valence-corrected chi connectivity index (χ2v) is 9.56. The van der Waals surface area contributed by atoms with E-state index in [1.165, 1.54) is 16.4 Å². The lowest BCUT2D eigenvalue weighted by molar-refractivity contribution is -0.120. The van der Waals surface area contributed by atoms with Crippen molar-refractivity contribution in [1.82, 2.24) is 14.4 Å². The summed E-state index contributed by atoms with van der Waals surface area (Å²) in [7, 11) is -3.94. The number of carbonyl (C=O) groups is 2. The number of sulfonamides is 1. The number of nitrogens with zero attached hydrogens (tertiary/aromatic N) is 3. The third-order valence-corrected chi connectivity index (χ3v) is 7.20. The van der Waals surface area contributed by atoms with Crippen LogP contribution in [-0.4, -0.2) is 54.4 Å². The van der Waals surface area contributed by atoms with Gasteiger partial charge >= 0.3 is 5.97 Å². The van der Waals surface area contributed by atoms with Gasteiger partial charge in [-0.3, -0.25) is 4.79 Å². The number of esters is 1. The minimum Gasteiger partial charge on any atom is -0.460 e. The van der Waals surface area contributed by atoms with Gasteiger partial charge in [-0.25, -0.2) is 13.2 Å². The van der Waals surface area contributed by atoms with Gasteiger partial charge in [0.1, 0.15) is 0 Å². The van der Waals surface area contributed by atoms with E-state index in [4.69, 9.17) is 13.7 Å². The monoisotopic (exact) mass is 488 g/mol. The molecule has 11 nitrogen and oxygen atoms in total. The van der Waals surface area contributed by atoms with Gasteiger partial charge in [-0.1, -0.05) is 17.3 Å². The van der Waals surface area contributed by atoms with E-state index in [-0.39, 0.29) is 42.4 Å². The lowest BCUT2D eigenvalue weighted by Gasteiger charge is -2.29. The summed E-state index contributed by atoms with van der Waals surface area (Å²) in [5.41, 5.74) is 1.17. The molecular formula is C22H24N4O7S. The van der Waals surface area contributed by atoms with Crippen molar-refractivity contribution in [1.29, 1.82) is 0 Å². The Morgan fingerprint density at radius 1 is 1.18 bits per heavy atom. The maximum Gasteiger partial charge on any atom is 0.374 e. The first-order valence-electron chi connectivity index (χ1n) is 10.8. The fourth-order valence-corrected chi connectivity index (χ4v) is 5.07. The zero-order chi connectivity index (χ0) is 24.3. The van der Waals surface area contributed by atoms with Crippen molar-refractivity contribution >= 4 is 27.6 Å². The van der Waals surface area contributed by atoms with E-state index in [9.17, 15) is 18.0 Å². The van der Waals surface area contributed by atoms with E-state index in [0.29, 0.717) is 35.8 Å². The number of nitrogens with one attached hydrogen (secondary N) is 1. The molecule has 3 heterocycles. The number of carbonyl (C=O) groups excluding carboxylic acids is 2. The molecule has 0 radical (unpaired) electrons. The molecule has 1 N–H and O–H groups in total. The predicted octanol–water partition coefficient (Wildman–Crippen LogP) is 2.85. The SMILES string of the molecule is CCOC(=O)c1ccc(S(=O)(=O)N2CCC(C(=O)Nc3ccccc3-c3noc(C)n3)CC2)o1. The molecule has 1 fully saturated rings. The largest absolute Gasteiger partial charge is 0.460 e. The highest BCUT2D eigenvalue weighted by Crippen LogP contribution is 2.29. The standard InChI is InChI=1S/C22H24N4O7S/c1-3-31-22(28)18-8-9-19(32-18)34(29,30)26-12-10-15(11-13-26)21(27)24-17-7-5-4-6-16(17)20-23-14(2)33-25-20/h4-9,15H,3,10-13H2,1-2H3,(H,24,27). The summed E-state index contributed by atoms with van der Waals surface area (Å²) in [5.74, 6) is -0.711. The molecule has 0 unspecified atom stereocenters. The minimum atomic E-state index is -3.94. The molecule has 1 saturated heterocycles. The van der Waals surface area contributed by atoms with E-state index in [1.54, 1.807) is 32.0 Å². The van der Waals surface area contributed by atoms with Crippen molar-refractivity contribution in [3.05, 3.63) is 48.0 Å². The van der Waals surface area contributed by atoms with Crippen LogP contribution in [0.5, 0.6) is 0 Å². The summed E-state index contributed by atoms with van der Waals surface area (Å²) < 4.78 is 42.2. The molecule has 34 heavy (non-hydrogen) atoms. The van der Waals surface area contributed by atoms with Crippen molar-refractivity contribution in [2.45, 2.75) is 31.8 Å². The number of para-hydroxylation sites is 1. The molecule has 2 aromatic heterocycles. The van der Waals surface area contributed by atoms with Crippen molar-refractivity contribution in [2.75, 3.05) is 25.0 Å². The first kappa shape index (κ1) is 23.6. The molecule has 0 bridgehead atoms. The Balaban J connectivity index is 1.40. The van der Waals surface area contributed by atoms with E-state index in [1.807, 2.05) is 6.07 Å². The minimum absolute atomic E-state index is 0.140. The summed E-state index contributed by atoms with van der Waals surface area (Å²) in [6.45, 7) is 3.75. The number of hydrogen-bond acceptors (Lipinski definition) is 9. The Morgan fingerprint density at radius 3 is 2.59 bits per heavy atom. The normalized spacial score (nSPS) is 15.2. The molecule has 0 aliphatic carbocycles. The van der Waals surface area contributed by atoms with Crippen LogP contribution in [-0.2, 0) is 19.6 Å². The Bertz CT molecular complexity index is 1290. The fourth-order valence-electron chi connectivity index (χ4n) is 3.69. The Labute approximate surface area is 196 Å². The smallest absolute Gasteiger partial charge is 0.374 e. The summed E-state index contributed by atoms with van der Waals surface area (Å²) in [4.78, 5) is 28.9. The molecule has 12 heteroatoms. The van der Waals surface area contributed by atoms with E-state index < -0.39 is 16.0 Å². The van der Waals surface area contributed by atoms with Crippen molar-refractivity contribution in [3.63, 3.8) is 0 Å². The van der Waals surface area contributed by atoms with E-state index >= 15 is 0 Å². The molecule has 1 aliphatic heterocycles. The first-order chi connectivity index (χ1) is 16.3. The molecule has 0 atom stereocenters. The number of furan rings is 1. The van der Waals surface area contributed by atoms with Gasteiger partial charge in [0.25, 0.3) is 10.0 Å². The quantitative estimate of drug-likeness (QED) is 0.496. The van der Waals surface area contributed by atoms with Crippen molar-refractivity contribution in [3.8, 4) is 11.4 Å². The topological polar surface area (TPSA) is 145 Å². The van der Waals surface area contributed by atoms with Crippen LogP contribution in [0.4, 0.5) is 5.69 Å². The third-order valence-electron chi connectivity index (χ3n) is 5.43. The third kappa shape index (κ3) is 4.87. The number of amides is 1. The molecule has 1 aromatic carbocycles. The first-order valence-corrected chi connectivity index (χ1v) is 12.2. The lowest BCUT2D eigenvalue weighted by atomic mass is 9.97. The number of anilines is 1. The van der Waals surface area contributed by atoms with Gasteiger partial charge in [0.05, 0.1) is 12.3 Å². The number of piperidine rings is 1. The molecule has 0 saturated carbocycles. The zero-order valence-corrected chi connectivity index (χ0v) is 19.5. The molecule has 4 rings (SSSR count). The van der Waals surface area contributed by atoms with Gasteiger partial charge in [0.15, 0.2) is 0 Å². The number of aryl methyl sites for hydroxylation is 1. The maximum atomic E-state index is 12.9. The van der Waals surface area contributed by atoms with E-state index in [0.717, 1.165) is 0 Å². The van der Waals surface area contributed by atoms with Crippen LogP contribution in [0.3, 0.4) is 0 Å². The second kappa shape index (κ2) is 9.77. The van der Waals surface area contributed by atoms with Gasteiger partial charge in [-0.2, -0.15) is 9.29 Å². The summed E-state index contributed by atoms with van der Waals surface area (Å²) in [6, 6.07) is 9.63. The summed E-state index contributed by atoms with van der Waals surface area (Å²) in [6.07, 6.45) is 0.667.